The van der Waals surface area contributed by atoms with Gasteiger partial charge in [-0.25, -0.2) is 0 Å². The van der Waals surface area contributed by atoms with Crippen LogP contribution in [0, 0.1) is 11.8 Å². The van der Waals surface area contributed by atoms with Gasteiger partial charge < -0.3 is 14.2 Å². The molecule has 0 aliphatic carbocycles. The second kappa shape index (κ2) is 10.6. The Morgan fingerprint density at radius 3 is 2.89 bits per heavy atom. The molecule has 0 spiro atoms. The Labute approximate surface area is 119 Å². The number of rotatable bonds is 8. The van der Waals surface area contributed by atoms with Gasteiger partial charge in [0.1, 0.15) is 5.75 Å². The van der Waals surface area contributed by atoms with Crippen LogP contribution in [-0.2, 0) is 9.47 Å². The highest BCUT2D eigenvalue weighted by Gasteiger charge is 1.96. The van der Waals surface area contributed by atoms with Crippen molar-refractivity contribution in [2.45, 2.75) is 6.42 Å². The number of methoxy groups -OCH3 is 1. The molecule has 0 bridgehead atoms. The van der Waals surface area contributed by atoms with E-state index in [4.69, 9.17) is 25.8 Å². The second-order valence-corrected chi connectivity index (χ2v) is 3.92. The highest BCUT2D eigenvalue weighted by Crippen LogP contribution is 2.10. The monoisotopic (exact) mass is 283 g/mol. The normalized spacial score (nSPS) is 9.79. The Morgan fingerprint density at radius 1 is 1.21 bits per heavy atom. The summed E-state index contributed by atoms with van der Waals surface area (Å²) in [6.07, 6.45) is 4.17. The van der Waals surface area contributed by atoms with Gasteiger partial charge in [0.15, 0.2) is 0 Å². The smallest absolute Gasteiger partial charge is 0.138 e. The van der Waals surface area contributed by atoms with E-state index in [1.54, 1.807) is 19.5 Å². The van der Waals surface area contributed by atoms with Gasteiger partial charge in [0.2, 0.25) is 0 Å². The molecule has 0 amide bonds. The lowest BCUT2D eigenvalue weighted by atomic mass is 10.3. The summed E-state index contributed by atoms with van der Waals surface area (Å²) < 4.78 is 15.8. The van der Waals surface area contributed by atoms with E-state index in [0.717, 1.165) is 12.0 Å². The zero-order valence-electron chi connectivity index (χ0n) is 11.0. The third kappa shape index (κ3) is 7.68. The van der Waals surface area contributed by atoms with Crippen molar-refractivity contribution in [2.24, 2.45) is 0 Å². The van der Waals surface area contributed by atoms with E-state index in [1.165, 1.54) is 0 Å². The molecular weight excluding hydrogens is 266 g/mol. The number of alkyl halides is 1. The lowest BCUT2D eigenvalue weighted by Gasteiger charge is -2.06. The van der Waals surface area contributed by atoms with Crippen LogP contribution < -0.4 is 4.74 Å². The number of aromatic nitrogens is 1. The lowest BCUT2D eigenvalue weighted by molar-refractivity contribution is 0.0644. The Hall–Kier alpha value is -1.28. The summed E-state index contributed by atoms with van der Waals surface area (Å²) >= 11 is 5.50. The van der Waals surface area contributed by atoms with Gasteiger partial charge in [0.05, 0.1) is 31.9 Å². The van der Waals surface area contributed by atoms with Crippen LogP contribution in [0.3, 0.4) is 0 Å². The van der Waals surface area contributed by atoms with Gasteiger partial charge >= 0.3 is 0 Å². The van der Waals surface area contributed by atoms with Gasteiger partial charge in [-0.3, -0.25) is 4.98 Å². The van der Waals surface area contributed by atoms with Crippen molar-refractivity contribution in [3.63, 3.8) is 0 Å². The van der Waals surface area contributed by atoms with Gasteiger partial charge in [0.25, 0.3) is 0 Å². The van der Waals surface area contributed by atoms with Crippen LogP contribution in [0.4, 0.5) is 0 Å². The average Bonchev–Trinajstić information content (AvgIpc) is 2.44. The molecule has 4 nitrogen and oxygen atoms in total. The number of hydrogen-bond acceptors (Lipinski definition) is 4. The topological polar surface area (TPSA) is 40.6 Å². The summed E-state index contributed by atoms with van der Waals surface area (Å²) in [4.78, 5) is 4.06. The van der Waals surface area contributed by atoms with Crippen LogP contribution in [0.1, 0.15) is 12.0 Å². The molecule has 5 heteroatoms. The van der Waals surface area contributed by atoms with E-state index in [-0.39, 0.29) is 0 Å². The van der Waals surface area contributed by atoms with E-state index in [1.807, 2.05) is 6.07 Å². The molecule has 1 aromatic heterocycles. The van der Waals surface area contributed by atoms with Gasteiger partial charge in [0, 0.05) is 31.9 Å². The third-order valence-electron chi connectivity index (χ3n) is 2.15. The SMILES string of the molecule is COCCOCCCOc1cncc(C#CCCl)c1. The van der Waals surface area contributed by atoms with Gasteiger partial charge in [-0.05, 0) is 6.07 Å². The third-order valence-corrected chi connectivity index (χ3v) is 2.28. The molecular formula is C14H18ClNO3. The lowest BCUT2D eigenvalue weighted by Crippen LogP contribution is -2.06. The number of halogens is 1. The Bertz CT molecular complexity index is 415. The first kappa shape index (κ1) is 15.8. The molecule has 0 saturated heterocycles. The fourth-order valence-electron chi connectivity index (χ4n) is 1.30. The van der Waals surface area contributed by atoms with Crippen molar-refractivity contribution in [2.75, 3.05) is 39.4 Å². The van der Waals surface area contributed by atoms with Crippen molar-refractivity contribution >= 4 is 11.6 Å². The van der Waals surface area contributed by atoms with Crippen molar-refractivity contribution in [1.82, 2.24) is 4.98 Å². The fraction of sp³-hybridized carbons (Fsp3) is 0.500. The van der Waals surface area contributed by atoms with Crippen molar-refractivity contribution in [3.05, 3.63) is 24.0 Å². The fourth-order valence-corrected chi connectivity index (χ4v) is 1.36. The minimum Gasteiger partial charge on any atom is -0.492 e. The highest BCUT2D eigenvalue weighted by molar-refractivity contribution is 6.19. The predicted octanol–water partition coefficient (Wildman–Crippen LogP) is 2.10. The van der Waals surface area contributed by atoms with E-state index in [2.05, 4.69) is 16.8 Å². The van der Waals surface area contributed by atoms with E-state index >= 15 is 0 Å². The summed E-state index contributed by atoms with van der Waals surface area (Å²) in [6, 6.07) is 1.85. The van der Waals surface area contributed by atoms with Gasteiger partial charge in [-0.2, -0.15) is 0 Å². The molecule has 1 heterocycles. The summed E-state index contributed by atoms with van der Waals surface area (Å²) in [7, 11) is 1.65. The molecule has 0 radical (unpaired) electrons. The van der Waals surface area contributed by atoms with Crippen molar-refractivity contribution in [3.8, 4) is 17.6 Å². The van der Waals surface area contributed by atoms with Crippen molar-refractivity contribution < 1.29 is 14.2 Å². The van der Waals surface area contributed by atoms with Crippen LogP contribution >= 0.6 is 11.6 Å². The molecule has 0 atom stereocenters. The van der Waals surface area contributed by atoms with Gasteiger partial charge in [-0.1, -0.05) is 11.8 Å². The summed E-state index contributed by atoms with van der Waals surface area (Å²) in [5.74, 6) is 6.69. The molecule has 0 aliphatic heterocycles. The van der Waals surface area contributed by atoms with Gasteiger partial charge in [-0.15, -0.1) is 11.6 Å². The second-order valence-electron chi connectivity index (χ2n) is 3.65. The zero-order chi connectivity index (χ0) is 13.8. The molecule has 1 rings (SSSR count). The maximum atomic E-state index is 5.56. The molecule has 0 unspecified atom stereocenters. The van der Waals surface area contributed by atoms with Crippen LogP contribution in [-0.4, -0.2) is 44.4 Å². The van der Waals surface area contributed by atoms with E-state index < -0.39 is 0 Å². The zero-order valence-corrected chi connectivity index (χ0v) is 11.8. The molecule has 19 heavy (non-hydrogen) atoms. The molecule has 0 aromatic carbocycles. The molecule has 0 aliphatic rings. The van der Waals surface area contributed by atoms with E-state index in [0.29, 0.717) is 38.1 Å². The first-order valence-corrected chi connectivity index (χ1v) is 6.59. The molecule has 1 aromatic rings. The van der Waals surface area contributed by atoms with Crippen LogP contribution in [0.2, 0.25) is 0 Å². The average molecular weight is 284 g/mol. The predicted molar refractivity (Wildman–Crippen MR) is 74.6 cm³/mol. The first-order valence-electron chi connectivity index (χ1n) is 6.06. The van der Waals surface area contributed by atoms with E-state index in [9.17, 15) is 0 Å². The summed E-state index contributed by atoms with van der Waals surface area (Å²) in [5, 5.41) is 0. The quantitative estimate of drug-likeness (QED) is 0.416. The maximum absolute atomic E-state index is 5.56. The van der Waals surface area contributed by atoms with Crippen LogP contribution in [0.5, 0.6) is 5.75 Å². The van der Waals surface area contributed by atoms with Crippen LogP contribution in [0.15, 0.2) is 18.5 Å². The Balaban J connectivity index is 2.22. The summed E-state index contributed by atoms with van der Waals surface area (Å²) in [5.41, 5.74) is 0.800. The highest BCUT2D eigenvalue weighted by atomic mass is 35.5. The largest absolute Gasteiger partial charge is 0.492 e. The minimum absolute atomic E-state index is 0.309. The minimum atomic E-state index is 0.309. The standard InChI is InChI=1S/C14H18ClNO3/c1-17-8-9-18-6-3-7-19-14-10-13(4-2-5-15)11-16-12-14/h10-12H,3,5-9H2,1H3. The first-order chi connectivity index (χ1) is 9.36. The number of hydrogen-bond donors (Lipinski definition) is 0. The van der Waals surface area contributed by atoms with Crippen molar-refractivity contribution in [1.29, 1.82) is 0 Å². The van der Waals surface area contributed by atoms with Crippen LogP contribution in [0.25, 0.3) is 0 Å². The Morgan fingerprint density at radius 2 is 2.11 bits per heavy atom. The summed E-state index contributed by atoms with van der Waals surface area (Å²) in [6.45, 7) is 2.47. The molecule has 0 N–H and O–H groups in total. The number of pyridine rings is 1. The molecule has 0 saturated carbocycles. The molecule has 104 valence electrons. The molecule has 0 fully saturated rings. The maximum Gasteiger partial charge on any atom is 0.138 e. The Kier molecular flexibility index (Phi) is 8.82. The number of nitrogens with zero attached hydrogens (tertiary/aromatic N) is 1. The number of ether oxygens (including phenoxy) is 3.